The van der Waals surface area contributed by atoms with Gasteiger partial charge in [0, 0.05) is 18.3 Å². The van der Waals surface area contributed by atoms with Crippen LogP contribution in [-0.4, -0.2) is 29.8 Å². The second kappa shape index (κ2) is 9.95. The average molecular weight is 363 g/mol. The van der Waals surface area contributed by atoms with Crippen molar-refractivity contribution in [3.63, 3.8) is 0 Å². The number of hydrogen-bond acceptors (Lipinski definition) is 6. The standard InChI is InChI=1S/C17H25N5O2S/c1-3-4-5-13(18)8-19-11-21-17-22-15(10-25-17)16-7-6-14(24-16)9-20-12(2)23/h6-7,10-11,13H,3-5,8-9,18H2,1-2H3,(H,20,23)(H,19,21,22). The molecular weight excluding hydrogens is 338 g/mol. The minimum Gasteiger partial charge on any atom is -0.458 e. The van der Waals surface area contributed by atoms with Crippen molar-refractivity contribution in [2.45, 2.75) is 45.7 Å². The van der Waals surface area contributed by atoms with E-state index in [1.54, 1.807) is 6.34 Å². The van der Waals surface area contributed by atoms with Crippen LogP contribution in [0.3, 0.4) is 0 Å². The van der Waals surface area contributed by atoms with Crippen molar-refractivity contribution in [3.8, 4) is 11.5 Å². The summed E-state index contributed by atoms with van der Waals surface area (Å²) in [6.45, 7) is 4.60. The van der Waals surface area contributed by atoms with E-state index in [-0.39, 0.29) is 11.9 Å². The Kier molecular flexibility index (Phi) is 7.62. The number of furan rings is 1. The largest absolute Gasteiger partial charge is 0.458 e. The van der Waals surface area contributed by atoms with Gasteiger partial charge in [-0.3, -0.25) is 9.79 Å². The molecule has 1 atom stereocenters. The Labute approximate surface area is 151 Å². The number of aromatic nitrogens is 1. The van der Waals surface area contributed by atoms with Gasteiger partial charge in [-0.1, -0.05) is 19.8 Å². The Balaban J connectivity index is 1.82. The second-order valence-corrected chi connectivity index (χ2v) is 6.61. The van der Waals surface area contributed by atoms with Gasteiger partial charge in [-0.05, 0) is 18.6 Å². The Morgan fingerprint density at radius 1 is 1.52 bits per heavy atom. The fraction of sp³-hybridized carbons (Fsp3) is 0.471. The first-order valence-corrected chi connectivity index (χ1v) is 9.26. The number of rotatable bonds is 10. The maximum atomic E-state index is 10.9. The summed E-state index contributed by atoms with van der Waals surface area (Å²) in [7, 11) is 0. The molecule has 25 heavy (non-hydrogen) atoms. The van der Waals surface area contributed by atoms with Crippen LogP contribution in [0.2, 0.25) is 0 Å². The van der Waals surface area contributed by atoms with Crippen molar-refractivity contribution in [2.75, 3.05) is 11.9 Å². The molecule has 4 N–H and O–H groups in total. The third kappa shape index (κ3) is 6.67. The van der Waals surface area contributed by atoms with Gasteiger partial charge in [-0.15, -0.1) is 11.3 Å². The van der Waals surface area contributed by atoms with Crippen LogP contribution in [0.25, 0.3) is 11.5 Å². The number of amides is 1. The smallest absolute Gasteiger partial charge is 0.217 e. The maximum Gasteiger partial charge on any atom is 0.217 e. The van der Waals surface area contributed by atoms with E-state index in [2.05, 4.69) is 27.5 Å². The van der Waals surface area contributed by atoms with Gasteiger partial charge in [0.05, 0.1) is 19.4 Å². The zero-order chi connectivity index (χ0) is 18.1. The van der Waals surface area contributed by atoms with Gasteiger partial charge in [0.15, 0.2) is 10.9 Å². The molecule has 0 saturated carbocycles. The van der Waals surface area contributed by atoms with Gasteiger partial charge < -0.3 is 20.8 Å². The first kappa shape index (κ1) is 19.1. The molecule has 0 aliphatic carbocycles. The van der Waals surface area contributed by atoms with Crippen LogP contribution >= 0.6 is 11.3 Å². The summed E-state index contributed by atoms with van der Waals surface area (Å²) in [5.41, 5.74) is 6.72. The first-order valence-electron chi connectivity index (χ1n) is 8.38. The summed E-state index contributed by atoms with van der Waals surface area (Å²) in [4.78, 5) is 19.7. The van der Waals surface area contributed by atoms with Gasteiger partial charge in [-0.2, -0.15) is 0 Å². The predicted octanol–water partition coefficient (Wildman–Crippen LogP) is 3.00. The number of carbonyl (C=O) groups excluding carboxylic acids is 1. The normalized spacial score (nSPS) is 12.4. The molecule has 0 radical (unpaired) electrons. The first-order chi connectivity index (χ1) is 12.1. The minimum atomic E-state index is -0.0909. The minimum absolute atomic E-state index is 0.0909. The predicted molar refractivity (Wildman–Crippen MR) is 102 cm³/mol. The Bertz CT molecular complexity index is 695. The van der Waals surface area contributed by atoms with E-state index in [9.17, 15) is 4.79 Å². The van der Waals surface area contributed by atoms with Gasteiger partial charge >= 0.3 is 0 Å². The molecule has 0 aliphatic rings. The zero-order valence-electron chi connectivity index (χ0n) is 14.6. The third-order valence-corrected chi connectivity index (χ3v) is 4.25. The molecule has 8 heteroatoms. The molecule has 2 heterocycles. The topological polar surface area (TPSA) is 106 Å². The number of nitrogens with zero attached hydrogens (tertiary/aromatic N) is 2. The van der Waals surface area contributed by atoms with E-state index in [1.807, 2.05) is 17.5 Å². The summed E-state index contributed by atoms with van der Waals surface area (Å²) >= 11 is 1.47. The summed E-state index contributed by atoms with van der Waals surface area (Å²) in [5.74, 6) is 1.27. The number of nitrogens with two attached hydrogens (primary N) is 1. The van der Waals surface area contributed by atoms with Crippen molar-refractivity contribution in [2.24, 2.45) is 10.7 Å². The lowest BCUT2D eigenvalue weighted by molar-refractivity contribution is -0.119. The third-order valence-electron chi connectivity index (χ3n) is 3.48. The van der Waals surface area contributed by atoms with E-state index >= 15 is 0 Å². The second-order valence-electron chi connectivity index (χ2n) is 5.75. The van der Waals surface area contributed by atoms with Crippen LogP contribution in [0.15, 0.2) is 26.9 Å². The van der Waals surface area contributed by atoms with Crippen molar-refractivity contribution in [1.29, 1.82) is 0 Å². The Morgan fingerprint density at radius 2 is 2.36 bits per heavy atom. The van der Waals surface area contributed by atoms with Crippen molar-refractivity contribution >= 4 is 28.7 Å². The Morgan fingerprint density at radius 3 is 3.12 bits per heavy atom. The van der Waals surface area contributed by atoms with Crippen LogP contribution in [0.1, 0.15) is 38.9 Å². The zero-order valence-corrected chi connectivity index (χ0v) is 15.4. The molecule has 2 rings (SSSR count). The fourth-order valence-electron chi connectivity index (χ4n) is 2.12. The van der Waals surface area contributed by atoms with Gasteiger partial charge in [0.1, 0.15) is 11.5 Å². The SMILES string of the molecule is CCCCC(N)CN=CNc1nc(-c2ccc(CNC(C)=O)o2)cs1. The van der Waals surface area contributed by atoms with Crippen molar-refractivity contribution < 1.29 is 9.21 Å². The van der Waals surface area contributed by atoms with Crippen LogP contribution in [-0.2, 0) is 11.3 Å². The highest BCUT2D eigenvalue weighted by atomic mass is 32.1. The summed E-state index contributed by atoms with van der Waals surface area (Å²) in [6.07, 6.45) is 4.91. The molecule has 0 fully saturated rings. The molecule has 1 amide bonds. The lowest BCUT2D eigenvalue weighted by Gasteiger charge is -2.06. The van der Waals surface area contributed by atoms with E-state index in [4.69, 9.17) is 10.2 Å². The summed E-state index contributed by atoms with van der Waals surface area (Å²) in [5, 5.41) is 8.40. The molecule has 7 nitrogen and oxygen atoms in total. The van der Waals surface area contributed by atoms with Crippen LogP contribution in [0.4, 0.5) is 5.13 Å². The van der Waals surface area contributed by atoms with Crippen LogP contribution in [0, 0.1) is 0 Å². The van der Waals surface area contributed by atoms with Crippen molar-refractivity contribution in [3.05, 3.63) is 23.3 Å². The molecular formula is C17H25N5O2S. The molecule has 0 saturated heterocycles. The van der Waals surface area contributed by atoms with Gasteiger partial charge in [-0.25, -0.2) is 4.98 Å². The lowest BCUT2D eigenvalue weighted by atomic mass is 10.1. The molecule has 0 aliphatic heterocycles. The van der Waals surface area contributed by atoms with Gasteiger partial charge in [0.2, 0.25) is 5.91 Å². The van der Waals surface area contributed by atoms with Crippen LogP contribution in [0.5, 0.6) is 0 Å². The number of hydrogen-bond donors (Lipinski definition) is 3. The highest BCUT2D eigenvalue weighted by molar-refractivity contribution is 7.14. The average Bonchev–Trinajstić information content (AvgIpc) is 3.24. The molecule has 0 aromatic carbocycles. The van der Waals surface area contributed by atoms with Crippen LogP contribution < -0.4 is 16.4 Å². The highest BCUT2D eigenvalue weighted by Gasteiger charge is 2.09. The Hall–Kier alpha value is -2.19. The molecule has 1 unspecified atom stereocenters. The summed E-state index contributed by atoms with van der Waals surface area (Å²) < 4.78 is 5.68. The molecule has 2 aromatic heterocycles. The number of anilines is 1. The molecule has 136 valence electrons. The molecule has 0 bridgehead atoms. The highest BCUT2D eigenvalue weighted by Crippen LogP contribution is 2.26. The number of unbranched alkanes of at least 4 members (excludes halogenated alkanes) is 1. The van der Waals surface area contributed by atoms with E-state index in [0.717, 1.165) is 30.1 Å². The fourth-order valence-corrected chi connectivity index (χ4v) is 2.79. The van der Waals surface area contributed by atoms with Crippen molar-refractivity contribution in [1.82, 2.24) is 10.3 Å². The number of aliphatic imine (C=N–C) groups is 1. The van der Waals surface area contributed by atoms with E-state index in [1.165, 1.54) is 18.3 Å². The lowest BCUT2D eigenvalue weighted by Crippen LogP contribution is -2.23. The monoisotopic (exact) mass is 363 g/mol. The maximum absolute atomic E-state index is 10.9. The quantitative estimate of drug-likeness (QED) is 0.444. The molecule has 2 aromatic rings. The van der Waals surface area contributed by atoms with E-state index in [0.29, 0.717) is 24.6 Å². The molecule has 0 spiro atoms. The number of thiazole rings is 1. The van der Waals surface area contributed by atoms with E-state index < -0.39 is 0 Å². The number of nitrogens with one attached hydrogen (secondary N) is 2. The van der Waals surface area contributed by atoms with Gasteiger partial charge in [0.25, 0.3) is 0 Å². The number of carbonyl (C=O) groups is 1. The summed E-state index contributed by atoms with van der Waals surface area (Å²) in [6, 6.07) is 3.78.